The first kappa shape index (κ1) is 12.8. The van der Waals surface area contributed by atoms with Crippen molar-refractivity contribution in [2.75, 3.05) is 0 Å². The molecular formula is C5H7Cl3O2. The smallest absolute Gasteiger partial charge is 0.221 e. The Hall–Kier alpha value is 0.210. The maximum Gasteiger partial charge on any atom is 0.221 e. The summed E-state index contributed by atoms with van der Waals surface area (Å²) in [6.07, 6.45) is 0.894. The third kappa shape index (κ3) is 11.1. The molecule has 0 aliphatic rings. The lowest BCUT2D eigenvalue weighted by Crippen LogP contribution is -1.89. The van der Waals surface area contributed by atoms with Crippen molar-refractivity contribution in [3.63, 3.8) is 0 Å². The van der Waals surface area contributed by atoms with Gasteiger partial charge >= 0.3 is 0 Å². The second-order valence-electron chi connectivity index (χ2n) is 1.56. The predicted molar refractivity (Wildman–Crippen MR) is 42.8 cm³/mol. The minimum atomic E-state index is -0.423. The normalized spacial score (nSPS) is 8.20. The number of halogens is 3. The molecule has 60 valence electrons. The minimum absolute atomic E-state index is 0. The van der Waals surface area contributed by atoms with E-state index in [1.54, 1.807) is 0 Å². The molecular weight excluding hydrogens is 198 g/mol. The Morgan fingerprint density at radius 2 is 1.30 bits per heavy atom. The van der Waals surface area contributed by atoms with E-state index in [1.165, 1.54) is 0 Å². The SMILES string of the molecule is Cl.O=C(Cl)CCCC(=O)Cl. The lowest BCUT2D eigenvalue weighted by atomic mass is 10.3. The number of carbonyl (C=O) groups excluding carboxylic acids is 2. The molecule has 10 heavy (non-hydrogen) atoms. The minimum Gasteiger partial charge on any atom is -0.281 e. The van der Waals surface area contributed by atoms with Crippen LogP contribution >= 0.6 is 35.6 Å². The second-order valence-corrected chi connectivity index (χ2v) is 2.41. The van der Waals surface area contributed by atoms with Crippen molar-refractivity contribution in [3.05, 3.63) is 0 Å². The highest BCUT2D eigenvalue weighted by Crippen LogP contribution is 2.01. The molecule has 0 bridgehead atoms. The highest BCUT2D eigenvalue weighted by Gasteiger charge is 1.98. The summed E-state index contributed by atoms with van der Waals surface area (Å²) in [6.45, 7) is 0. The Morgan fingerprint density at radius 3 is 1.50 bits per heavy atom. The Kier molecular flexibility index (Phi) is 9.40. The van der Waals surface area contributed by atoms with Gasteiger partial charge in [-0.2, -0.15) is 0 Å². The molecule has 0 aromatic rings. The fraction of sp³-hybridized carbons (Fsp3) is 0.600. The maximum absolute atomic E-state index is 10.0. The molecule has 0 aromatic heterocycles. The van der Waals surface area contributed by atoms with Gasteiger partial charge in [0.05, 0.1) is 0 Å². The second kappa shape index (κ2) is 7.32. The molecule has 0 aliphatic heterocycles. The van der Waals surface area contributed by atoms with Crippen molar-refractivity contribution in [2.45, 2.75) is 19.3 Å². The van der Waals surface area contributed by atoms with Crippen LogP contribution < -0.4 is 0 Å². The molecule has 0 atom stereocenters. The van der Waals surface area contributed by atoms with Gasteiger partial charge in [0.15, 0.2) is 0 Å². The van der Waals surface area contributed by atoms with E-state index in [2.05, 4.69) is 0 Å². The Balaban J connectivity index is 0. The van der Waals surface area contributed by atoms with Gasteiger partial charge in [0.2, 0.25) is 10.5 Å². The van der Waals surface area contributed by atoms with Crippen molar-refractivity contribution in [1.29, 1.82) is 0 Å². The van der Waals surface area contributed by atoms with Gasteiger partial charge in [0.25, 0.3) is 0 Å². The Labute approximate surface area is 75.3 Å². The molecule has 0 spiro atoms. The summed E-state index contributed by atoms with van der Waals surface area (Å²) in [4.78, 5) is 20.1. The molecule has 0 heterocycles. The highest BCUT2D eigenvalue weighted by atomic mass is 35.5. The molecule has 2 nitrogen and oxygen atoms in total. The summed E-state index contributed by atoms with van der Waals surface area (Å²) in [7, 11) is 0. The molecule has 0 aromatic carbocycles. The van der Waals surface area contributed by atoms with Gasteiger partial charge in [-0.3, -0.25) is 9.59 Å². The average Bonchev–Trinajstić information content (AvgIpc) is 1.63. The van der Waals surface area contributed by atoms with E-state index in [1.807, 2.05) is 0 Å². The largest absolute Gasteiger partial charge is 0.281 e. The molecule has 0 amide bonds. The summed E-state index contributed by atoms with van der Waals surface area (Å²) < 4.78 is 0. The van der Waals surface area contributed by atoms with Crippen molar-refractivity contribution < 1.29 is 9.59 Å². The van der Waals surface area contributed by atoms with E-state index in [0.29, 0.717) is 6.42 Å². The lowest BCUT2D eigenvalue weighted by molar-refractivity contribution is -0.112. The van der Waals surface area contributed by atoms with Crippen molar-refractivity contribution in [3.8, 4) is 0 Å². The summed E-state index contributed by atoms with van der Waals surface area (Å²) in [5, 5.41) is -0.846. The molecule has 0 radical (unpaired) electrons. The van der Waals surface area contributed by atoms with Crippen LogP contribution in [0.3, 0.4) is 0 Å². The lowest BCUT2D eigenvalue weighted by Gasteiger charge is -1.87. The fourth-order valence-electron chi connectivity index (χ4n) is 0.366. The summed E-state index contributed by atoms with van der Waals surface area (Å²) >= 11 is 9.94. The fourth-order valence-corrected chi connectivity index (χ4v) is 0.634. The van der Waals surface area contributed by atoms with Crippen LogP contribution in [0.2, 0.25) is 0 Å². The molecule has 0 aliphatic carbocycles. The van der Waals surface area contributed by atoms with E-state index >= 15 is 0 Å². The van der Waals surface area contributed by atoms with Crippen LogP contribution in [-0.4, -0.2) is 10.5 Å². The van der Waals surface area contributed by atoms with Gasteiger partial charge in [0.1, 0.15) is 0 Å². The number of carbonyl (C=O) groups is 2. The first-order chi connectivity index (χ1) is 4.13. The third-order valence-corrected chi connectivity index (χ3v) is 1.12. The van der Waals surface area contributed by atoms with Crippen LogP contribution in [0.5, 0.6) is 0 Å². The van der Waals surface area contributed by atoms with Gasteiger partial charge in [0, 0.05) is 12.8 Å². The molecule has 0 fully saturated rings. The van der Waals surface area contributed by atoms with Crippen LogP contribution in [0.1, 0.15) is 19.3 Å². The van der Waals surface area contributed by atoms with E-state index in [9.17, 15) is 9.59 Å². The average molecular weight is 205 g/mol. The van der Waals surface area contributed by atoms with Crippen LogP contribution in [0, 0.1) is 0 Å². The monoisotopic (exact) mass is 204 g/mol. The zero-order valence-electron chi connectivity index (χ0n) is 5.10. The third-order valence-electron chi connectivity index (χ3n) is 0.747. The van der Waals surface area contributed by atoms with E-state index in [0.717, 1.165) is 0 Å². The van der Waals surface area contributed by atoms with E-state index in [-0.39, 0.29) is 25.2 Å². The first-order valence-corrected chi connectivity index (χ1v) is 3.25. The molecule has 0 rings (SSSR count). The van der Waals surface area contributed by atoms with E-state index in [4.69, 9.17) is 23.2 Å². The van der Waals surface area contributed by atoms with Crippen molar-refractivity contribution >= 4 is 46.1 Å². The molecule has 5 heteroatoms. The first-order valence-electron chi connectivity index (χ1n) is 2.49. The summed E-state index contributed by atoms with van der Waals surface area (Å²) in [5.41, 5.74) is 0. The van der Waals surface area contributed by atoms with E-state index < -0.39 is 10.5 Å². The molecule has 0 N–H and O–H groups in total. The Morgan fingerprint density at radius 1 is 1.00 bits per heavy atom. The molecule has 0 saturated carbocycles. The number of hydrogen-bond acceptors (Lipinski definition) is 2. The van der Waals surface area contributed by atoms with Gasteiger partial charge < -0.3 is 0 Å². The maximum atomic E-state index is 10.0. The van der Waals surface area contributed by atoms with Crippen LogP contribution in [0.25, 0.3) is 0 Å². The summed E-state index contributed by atoms with van der Waals surface area (Å²) in [6, 6.07) is 0. The quantitative estimate of drug-likeness (QED) is 0.659. The van der Waals surface area contributed by atoms with Gasteiger partial charge in [-0.25, -0.2) is 0 Å². The molecule has 0 unspecified atom stereocenters. The van der Waals surface area contributed by atoms with Gasteiger partial charge in [-0.1, -0.05) is 0 Å². The van der Waals surface area contributed by atoms with Gasteiger partial charge in [-0.05, 0) is 29.6 Å². The van der Waals surface area contributed by atoms with Crippen molar-refractivity contribution in [2.24, 2.45) is 0 Å². The highest BCUT2D eigenvalue weighted by molar-refractivity contribution is 6.64. The van der Waals surface area contributed by atoms with Crippen LogP contribution in [0.4, 0.5) is 0 Å². The Bertz CT molecular complexity index is 110. The summed E-state index contributed by atoms with van der Waals surface area (Å²) in [5.74, 6) is 0. The number of rotatable bonds is 4. The van der Waals surface area contributed by atoms with Gasteiger partial charge in [-0.15, -0.1) is 12.4 Å². The standard InChI is InChI=1S/C5H6Cl2O2.ClH/c6-4(8)2-1-3-5(7)9;/h1-3H2;1H. The molecule has 0 saturated heterocycles. The zero-order chi connectivity index (χ0) is 7.28. The zero-order valence-corrected chi connectivity index (χ0v) is 7.43. The topological polar surface area (TPSA) is 34.1 Å². The predicted octanol–water partition coefficient (Wildman–Crippen LogP) is 2.11. The van der Waals surface area contributed by atoms with Crippen molar-refractivity contribution in [1.82, 2.24) is 0 Å². The van der Waals surface area contributed by atoms with Crippen LogP contribution in [-0.2, 0) is 9.59 Å². The van der Waals surface area contributed by atoms with Crippen LogP contribution in [0.15, 0.2) is 0 Å². The number of hydrogen-bond donors (Lipinski definition) is 0.